The van der Waals surface area contributed by atoms with Crippen LogP contribution in [0, 0.1) is 5.92 Å². The molecule has 0 spiro atoms. The van der Waals surface area contributed by atoms with Crippen molar-refractivity contribution in [3.63, 3.8) is 0 Å². The Hall–Kier alpha value is -0.120. The molecule has 2 heterocycles. The largest absolute Gasteiger partial charge is 0.378 e. The molecule has 2 fully saturated rings. The van der Waals surface area contributed by atoms with Crippen LogP contribution in [-0.4, -0.2) is 32.0 Å². The van der Waals surface area contributed by atoms with E-state index in [9.17, 15) is 0 Å². The Morgan fingerprint density at radius 3 is 3.00 bits per heavy atom. The van der Waals surface area contributed by atoms with Crippen LogP contribution in [0.25, 0.3) is 0 Å². The molecule has 10 heavy (non-hydrogen) atoms. The number of fused-ring (bicyclic) bond motifs is 1. The highest BCUT2D eigenvalue weighted by Crippen LogP contribution is 2.30. The zero-order valence-electron chi connectivity index (χ0n) is 5.95. The van der Waals surface area contributed by atoms with Crippen LogP contribution in [0.5, 0.6) is 0 Å². The van der Waals surface area contributed by atoms with Crippen LogP contribution in [0.15, 0.2) is 0 Å². The molecule has 0 saturated carbocycles. The van der Waals surface area contributed by atoms with Gasteiger partial charge < -0.3 is 15.2 Å². The predicted molar refractivity (Wildman–Crippen MR) is 36.6 cm³/mol. The quantitative estimate of drug-likeness (QED) is 0.550. The Bertz CT molecular complexity index is 117. The summed E-state index contributed by atoms with van der Waals surface area (Å²) < 4.78 is 10.8. The fraction of sp³-hybridized carbons (Fsp3) is 1.00. The van der Waals surface area contributed by atoms with Crippen molar-refractivity contribution in [3.05, 3.63) is 0 Å². The van der Waals surface area contributed by atoms with Crippen molar-refractivity contribution in [1.29, 1.82) is 0 Å². The van der Waals surface area contributed by atoms with E-state index in [0.29, 0.717) is 24.7 Å². The molecule has 2 rings (SSSR count). The summed E-state index contributed by atoms with van der Waals surface area (Å²) in [6.45, 7) is 2.31. The first kappa shape index (κ1) is 6.58. The summed E-state index contributed by atoms with van der Waals surface area (Å²) in [5, 5.41) is 0. The molecule has 58 valence electrons. The normalized spacial score (nSPS) is 45.9. The van der Waals surface area contributed by atoms with Crippen LogP contribution >= 0.6 is 0 Å². The summed E-state index contributed by atoms with van der Waals surface area (Å²) in [5.41, 5.74) is 5.47. The molecule has 3 atom stereocenters. The summed E-state index contributed by atoms with van der Waals surface area (Å²) in [7, 11) is 0. The lowest BCUT2D eigenvalue weighted by molar-refractivity contribution is 0.0242. The van der Waals surface area contributed by atoms with Crippen LogP contribution in [0.3, 0.4) is 0 Å². The van der Waals surface area contributed by atoms with Gasteiger partial charge in [0.25, 0.3) is 0 Å². The van der Waals surface area contributed by atoms with Crippen molar-refractivity contribution < 1.29 is 9.47 Å². The van der Waals surface area contributed by atoms with Crippen molar-refractivity contribution in [2.75, 3.05) is 19.8 Å². The lowest BCUT2D eigenvalue weighted by atomic mass is 10.0. The van der Waals surface area contributed by atoms with E-state index in [1.54, 1.807) is 0 Å². The molecule has 0 aliphatic carbocycles. The van der Waals surface area contributed by atoms with E-state index in [1.807, 2.05) is 0 Å². The highest BCUT2D eigenvalue weighted by molar-refractivity contribution is 4.86. The lowest BCUT2D eigenvalue weighted by Crippen LogP contribution is -2.21. The maximum atomic E-state index is 5.58. The summed E-state index contributed by atoms with van der Waals surface area (Å²) in [6.07, 6.45) is 1.76. The van der Waals surface area contributed by atoms with Gasteiger partial charge in [-0.05, 0) is 6.42 Å². The standard InChI is InChI=1S/C7H13NO2/c8-2-6-1-5-3-9-4-7(5)10-6/h5-7H,1-4,8H2. The fourth-order valence-corrected chi connectivity index (χ4v) is 1.74. The second kappa shape index (κ2) is 2.49. The number of rotatable bonds is 1. The van der Waals surface area contributed by atoms with Gasteiger partial charge in [-0.25, -0.2) is 0 Å². The van der Waals surface area contributed by atoms with Crippen molar-refractivity contribution in [3.8, 4) is 0 Å². The van der Waals surface area contributed by atoms with Crippen LogP contribution < -0.4 is 5.73 Å². The summed E-state index contributed by atoms with van der Waals surface area (Å²) in [6, 6.07) is 0. The molecule has 2 N–H and O–H groups in total. The topological polar surface area (TPSA) is 44.5 Å². The van der Waals surface area contributed by atoms with Gasteiger partial charge >= 0.3 is 0 Å². The minimum atomic E-state index is 0.305. The third-order valence-electron chi connectivity index (χ3n) is 2.34. The first-order valence-corrected chi connectivity index (χ1v) is 3.83. The predicted octanol–water partition coefficient (Wildman–Crippen LogP) is -0.251. The van der Waals surface area contributed by atoms with Gasteiger partial charge in [0.15, 0.2) is 0 Å². The van der Waals surface area contributed by atoms with Crippen LogP contribution in [0.2, 0.25) is 0 Å². The third-order valence-corrected chi connectivity index (χ3v) is 2.34. The molecular weight excluding hydrogens is 130 g/mol. The number of ether oxygens (including phenoxy) is 2. The molecule has 0 bridgehead atoms. The van der Waals surface area contributed by atoms with Gasteiger partial charge in [-0.15, -0.1) is 0 Å². The number of nitrogens with two attached hydrogens (primary N) is 1. The average Bonchev–Trinajstić information content (AvgIpc) is 2.42. The zero-order chi connectivity index (χ0) is 6.97. The maximum absolute atomic E-state index is 5.58. The van der Waals surface area contributed by atoms with Gasteiger partial charge in [0.2, 0.25) is 0 Å². The van der Waals surface area contributed by atoms with E-state index in [2.05, 4.69) is 0 Å². The monoisotopic (exact) mass is 143 g/mol. The molecule has 3 unspecified atom stereocenters. The Morgan fingerprint density at radius 2 is 2.30 bits per heavy atom. The fourth-order valence-electron chi connectivity index (χ4n) is 1.74. The van der Waals surface area contributed by atoms with E-state index in [4.69, 9.17) is 15.2 Å². The molecular formula is C7H13NO2. The second-order valence-corrected chi connectivity index (χ2v) is 3.07. The first-order chi connectivity index (χ1) is 4.90. The molecule has 2 saturated heterocycles. The van der Waals surface area contributed by atoms with E-state index in [0.717, 1.165) is 19.6 Å². The van der Waals surface area contributed by atoms with Crippen molar-refractivity contribution in [2.24, 2.45) is 11.7 Å². The molecule has 0 aromatic rings. The van der Waals surface area contributed by atoms with Gasteiger partial charge in [-0.3, -0.25) is 0 Å². The van der Waals surface area contributed by atoms with Crippen molar-refractivity contribution >= 4 is 0 Å². The molecule has 2 aliphatic heterocycles. The first-order valence-electron chi connectivity index (χ1n) is 3.83. The Labute approximate surface area is 60.5 Å². The molecule has 3 heteroatoms. The average molecular weight is 143 g/mol. The number of hydrogen-bond acceptors (Lipinski definition) is 3. The van der Waals surface area contributed by atoms with E-state index in [1.165, 1.54) is 0 Å². The summed E-state index contributed by atoms with van der Waals surface area (Å²) in [5.74, 6) is 0.633. The molecule has 0 aromatic heterocycles. The highest BCUT2D eigenvalue weighted by atomic mass is 16.6. The number of hydrogen-bond donors (Lipinski definition) is 1. The van der Waals surface area contributed by atoms with Gasteiger partial charge in [0.1, 0.15) is 0 Å². The van der Waals surface area contributed by atoms with Crippen molar-refractivity contribution in [1.82, 2.24) is 0 Å². The maximum Gasteiger partial charge on any atom is 0.0863 e. The van der Waals surface area contributed by atoms with Crippen molar-refractivity contribution in [2.45, 2.75) is 18.6 Å². The third kappa shape index (κ3) is 0.944. The van der Waals surface area contributed by atoms with Crippen LogP contribution in [0.1, 0.15) is 6.42 Å². The van der Waals surface area contributed by atoms with Crippen LogP contribution in [-0.2, 0) is 9.47 Å². The zero-order valence-corrected chi connectivity index (χ0v) is 5.95. The minimum absolute atomic E-state index is 0.305. The highest BCUT2D eigenvalue weighted by Gasteiger charge is 2.38. The van der Waals surface area contributed by atoms with E-state index in [-0.39, 0.29) is 0 Å². The Kier molecular flexibility index (Phi) is 1.64. The Morgan fingerprint density at radius 1 is 1.40 bits per heavy atom. The molecule has 3 nitrogen and oxygen atoms in total. The SMILES string of the molecule is NCC1CC2COCC2O1. The van der Waals surface area contributed by atoms with Gasteiger partial charge in [-0.1, -0.05) is 0 Å². The van der Waals surface area contributed by atoms with Gasteiger partial charge in [0.05, 0.1) is 25.4 Å². The molecule has 0 amide bonds. The molecule has 0 aromatic carbocycles. The van der Waals surface area contributed by atoms with Gasteiger partial charge in [-0.2, -0.15) is 0 Å². The summed E-state index contributed by atoms with van der Waals surface area (Å²) >= 11 is 0. The van der Waals surface area contributed by atoms with Gasteiger partial charge in [0, 0.05) is 12.5 Å². The smallest absolute Gasteiger partial charge is 0.0863 e. The molecule has 2 aliphatic rings. The minimum Gasteiger partial charge on any atom is -0.378 e. The summed E-state index contributed by atoms with van der Waals surface area (Å²) in [4.78, 5) is 0. The second-order valence-electron chi connectivity index (χ2n) is 3.07. The van der Waals surface area contributed by atoms with E-state index < -0.39 is 0 Å². The van der Waals surface area contributed by atoms with E-state index >= 15 is 0 Å². The molecule has 0 radical (unpaired) electrons. The Balaban J connectivity index is 1.94. The lowest BCUT2D eigenvalue weighted by Gasteiger charge is -2.08. The van der Waals surface area contributed by atoms with Crippen LogP contribution in [0.4, 0.5) is 0 Å².